The van der Waals surface area contributed by atoms with Gasteiger partial charge in [0.25, 0.3) is 5.91 Å². The van der Waals surface area contributed by atoms with Crippen molar-refractivity contribution in [1.29, 1.82) is 0 Å². The molecule has 0 radical (unpaired) electrons. The second kappa shape index (κ2) is 8.76. The van der Waals surface area contributed by atoms with Crippen LogP contribution in [0.1, 0.15) is 10.4 Å². The quantitative estimate of drug-likeness (QED) is 0.518. The third-order valence-corrected chi connectivity index (χ3v) is 5.05. The molecule has 0 bridgehead atoms. The molecule has 0 aromatic heterocycles. The van der Waals surface area contributed by atoms with Gasteiger partial charge < -0.3 is 15.2 Å². The molecule has 0 spiro atoms. The maximum absolute atomic E-state index is 12.1. The van der Waals surface area contributed by atoms with Gasteiger partial charge in [-0.05, 0) is 59.7 Å². The van der Waals surface area contributed by atoms with E-state index in [1.807, 2.05) is 0 Å². The van der Waals surface area contributed by atoms with Crippen molar-refractivity contribution in [1.82, 2.24) is 0 Å². The SMILES string of the molecule is NS(=O)(=O)c1ccc(NC(=O)COC(=O)c2ccc(-c3ccc(O)cc3)cc2)cc1. The summed E-state index contributed by atoms with van der Waals surface area (Å²) in [6.45, 7) is -0.504. The van der Waals surface area contributed by atoms with Gasteiger partial charge in [0.2, 0.25) is 10.0 Å². The highest BCUT2D eigenvalue weighted by Crippen LogP contribution is 2.22. The highest BCUT2D eigenvalue weighted by molar-refractivity contribution is 7.89. The number of amides is 1. The molecule has 0 saturated carbocycles. The first kappa shape index (κ1) is 21.0. The maximum Gasteiger partial charge on any atom is 0.338 e. The zero-order valence-corrected chi connectivity index (χ0v) is 16.4. The fourth-order valence-electron chi connectivity index (χ4n) is 2.59. The van der Waals surface area contributed by atoms with Crippen LogP contribution in [0.2, 0.25) is 0 Å². The summed E-state index contributed by atoms with van der Waals surface area (Å²) in [5.41, 5.74) is 2.34. The summed E-state index contributed by atoms with van der Waals surface area (Å²) in [5, 5.41) is 16.8. The Balaban J connectivity index is 1.54. The van der Waals surface area contributed by atoms with E-state index in [0.29, 0.717) is 5.69 Å². The summed E-state index contributed by atoms with van der Waals surface area (Å²) in [4.78, 5) is 24.0. The maximum atomic E-state index is 12.1. The summed E-state index contributed by atoms with van der Waals surface area (Å²) in [6.07, 6.45) is 0. The summed E-state index contributed by atoms with van der Waals surface area (Å²) in [6, 6.07) is 18.5. The van der Waals surface area contributed by atoms with Gasteiger partial charge in [0, 0.05) is 5.69 Å². The van der Waals surface area contributed by atoms with Gasteiger partial charge in [0.15, 0.2) is 6.61 Å². The molecule has 9 heteroatoms. The summed E-state index contributed by atoms with van der Waals surface area (Å²) < 4.78 is 27.4. The van der Waals surface area contributed by atoms with Crippen LogP contribution in [-0.2, 0) is 19.6 Å². The minimum Gasteiger partial charge on any atom is -0.508 e. The van der Waals surface area contributed by atoms with E-state index in [2.05, 4.69) is 5.32 Å². The molecule has 8 nitrogen and oxygen atoms in total. The van der Waals surface area contributed by atoms with Gasteiger partial charge in [-0.3, -0.25) is 4.79 Å². The number of esters is 1. The predicted octanol–water partition coefficient (Wildman–Crippen LogP) is 2.50. The third-order valence-electron chi connectivity index (χ3n) is 4.12. The van der Waals surface area contributed by atoms with Gasteiger partial charge in [0.1, 0.15) is 5.75 Å². The van der Waals surface area contributed by atoms with Crippen molar-refractivity contribution in [3.63, 3.8) is 0 Å². The Morgan fingerprint density at radius 1 is 0.867 bits per heavy atom. The second-order valence-electron chi connectivity index (χ2n) is 6.32. The first-order valence-corrected chi connectivity index (χ1v) is 10.3. The number of sulfonamides is 1. The highest BCUT2D eigenvalue weighted by Gasteiger charge is 2.12. The number of phenols is 1. The standard InChI is InChI=1S/C21H18N2O6S/c22-30(27,28)19-11-7-17(8-12-19)23-20(25)13-29-21(26)16-3-1-14(2-4-16)15-5-9-18(24)10-6-15/h1-12,24H,13H2,(H,23,25)(H2,22,27,28). The zero-order valence-electron chi connectivity index (χ0n) is 15.6. The van der Waals surface area contributed by atoms with Gasteiger partial charge in [-0.25, -0.2) is 18.4 Å². The van der Waals surface area contributed by atoms with E-state index in [-0.39, 0.29) is 16.2 Å². The number of nitrogens with two attached hydrogens (primary N) is 1. The molecule has 30 heavy (non-hydrogen) atoms. The summed E-state index contributed by atoms with van der Waals surface area (Å²) in [7, 11) is -3.82. The lowest BCUT2D eigenvalue weighted by Crippen LogP contribution is -2.21. The molecule has 0 aliphatic heterocycles. The molecular weight excluding hydrogens is 408 g/mol. The van der Waals surface area contributed by atoms with Crippen LogP contribution in [0.3, 0.4) is 0 Å². The largest absolute Gasteiger partial charge is 0.508 e. The number of phenolic OH excluding ortho intramolecular Hbond substituents is 1. The third kappa shape index (κ3) is 5.43. The lowest BCUT2D eigenvalue weighted by Gasteiger charge is -2.08. The van der Waals surface area contributed by atoms with Crippen molar-refractivity contribution >= 4 is 27.6 Å². The predicted molar refractivity (Wildman–Crippen MR) is 110 cm³/mol. The average Bonchev–Trinajstić information content (AvgIpc) is 2.72. The number of carbonyl (C=O) groups excluding carboxylic acids is 2. The van der Waals surface area contributed by atoms with Gasteiger partial charge in [-0.1, -0.05) is 24.3 Å². The Hall–Kier alpha value is -3.69. The molecule has 0 saturated heterocycles. The van der Waals surface area contributed by atoms with Gasteiger partial charge >= 0.3 is 5.97 Å². The van der Waals surface area contributed by atoms with Crippen LogP contribution in [0.4, 0.5) is 5.69 Å². The molecule has 4 N–H and O–H groups in total. The number of primary sulfonamides is 1. The van der Waals surface area contributed by atoms with Crippen molar-refractivity contribution in [3.8, 4) is 16.9 Å². The molecule has 3 rings (SSSR count). The molecule has 3 aromatic rings. The van der Waals surface area contributed by atoms with Crippen LogP contribution < -0.4 is 10.5 Å². The van der Waals surface area contributed by atoms with Crippen LogP contribution in [0, 0.1) is 0 Å². The number of anilines is 1. The van der Waals surface area contributed by atoms with E-state index in [0.717, 1.165) is 11.1 Å². The molecule has 154 valence electrons. The minimum atomic E-state index is -3.82. The smallest absolute Gasteiger partial charge is 0.338 e. The summed E-state index contributed by atoms with van der Waals surface area (Å²) in [5.74, 6) is -1.07. The first-order valence-electron chi connectivity index (χ1n) is 8.72. The number of carbonyl (C=O) groups is 2. The van der Waals surface area contributed by atoms with E-state index in [1.54, 1.807) is 48.5 Å². The van der Waals surface area contributed by atoms with Gasteiger partial charge in [-0.15, -0.1) is 0 Å². The van der Waals surface area contributed by atoms with Crippen LogP contribution >= 0.6 is 0 Å². The molecule has 1 amide bonds. The van der Waals surface area contributed by atoms with Gasteiger partial charge in [0.05, 0.1) is 10.5 Å². The normalized spacial score (nSPS) is 11.0. The molecule has 0 atom stereocenters. The Morgan fingerprint density at radius 3 is 1.93 bits per heavy atom. The van der Waals surface area contributed by atoms with Crippen molar-refractivity contribution in [2.45, 2.75) is 4.90 Å². The Labute approximate surface area is 173 Å². The molecule has 3 aromatic carbocycles. The topological polar surface area (TPSA) is 136 Å². The summed E-state index contributed by atoms with van der Waals surface area (Å²) >= 11 is 0. The van der Waals surface area contributed by atoms with Gasteiger partial charge in [-0.2, -0.15) is 0 Å². The van der Waals surface area contributed by atoms with Crippen molar-refractivity contribution < 1.29 is 27.9 Å². The van der Waals surface area contributed by atoms with Crippen molar-refractivity contribution in [2.75, 3.05) is 11.9 Å². The fourth-order valence-corrected chi connectivity index (χ4v) is 3.11. The number of ether oxygens (including phenoxy) is 1. The van der Waals surface area contributed by atoms with Crippen molar-refractivity contribution in [3.05, 3.63) is 78.4 Å². The molecule has 0 unspecified atom stereocenters. The highest BCUT2D eigenvalue weighted by atomic mass is 32.2. The number of aromatic hydroxyl groups is 1. The average molecular weight is 426 g/mol. The van der Waals surface area contributed by atoms with Crippen LogP contribution in [0.15, 0.2) is 77.7 Å². The lowest BCUT2D eigenvalue weighted by atomic mass is 10.0. The fraction of sp³-hybridized carbons (Fsp3) is 0.0476. The first-order chi connectivity index (χ1) is 14.2. The number of rotatable bonds is 6. The zero-order chi connectivity index (χ0) is 21.7. The monoisotopic (exact) mass is 426 g/mol. The number of benzene rings is 3. The van der Waals surface area contributed by atoms with Crippen LogP contribution in [0.5, 0.6) is 5.75 Å². The Bertz CT molecular complexity index is 1160. The molecule has 0 fully saturated rings. The molecule has 0 aliphatic rings. The molecule has 0 heterocycles. The lowest BCUT2D eigenvalue weighted by molar-refractivity contribution is -0.119. The second-order valence-corrected chi connectivity index (χ2v) is 7.88. The van der Waals surface area contributed by atoms with E-state index in [4.69, 9.17) is 9.88 Å². The Kier molecular flexibility index (Phi) is 6.14. The number of hydrogen-bond donors (Lipinski definition) is 3. The van der Waals surface area contributed by atoms with E-state index < -0.39 is 28.5 Å². The minimum absolute atomic E-state index is 0.0809. The van der Waals surface area contributed by atoms with E-state index in [9.17, 15) is 23.1 Å². The van der Waals surface area contributed by atoms with E-state index in [1.165, 1.54) is 24.3 Å². The number of hydrogen-bond acceptors (Lipinski definition) is 6. The van der Waals surface area contributed by atoms with Crippen LogP contribution in [-0.4, -0.2) is 32.0 Å². The Morgan fingerprint density at radius 2 is 1.40 bits per heavy atom. The molecular formula is C21H18N2O6S. The van der Waals surface area contributed by atoms with Crippen molar-refractivity contribution in [2.24, 2.45) is 5.14 Å². The van der Waals surface area contributed by atoms with Crippen LogP contribution in [0.25, 0.3) is 11.1 Å². The van der Waals surface area contributed by atoms with E-state index >= 15 is 0 Å². The number of nitrogens with one attached hydrogen (secondary N) is 1. The molecule has 0 aliphatic carbocycles.